The smallest absolute Gasteiger partial charge is 0.321 e. The Morgan fingerprint density at radius 3 is 3.00 bits per heavy atom. The maximum Gasteiger partial charge on any atom is 0.321 e. The number of thioether (sulfide) groups is 1. The third-order valence-corrected chi connectivity index (χ3v) is 1.99. The number of nitrogens with zero attached hydrogens (tertiary/aromatic N) is 2. The summed E-state index contributed by atoms with van der Waals surface area (Å²) >= 11 is 1.77. The van der Waals surface area contributed by atoms with Crippen LogP contribution in [0, 0.1) is 0 Å². The molecule has 0 aliphatic heterocycles. The van der Waals surface area contributed by atoms with Crippen LogP contribution >= 0.6 is 11.8 Å². The topological polar surface area (TPSA) is 51.0 Å². The largest absolute Gasteiger partial charge is 0.341 e. The Labute approximate surface area is 69.7 Å². The lowest BCUT2D eigenvalue weighted by atomic mass is 10.7. The first-order chi connectivity index (χ1) is 5.36. The molecule has 0 atom stereocenters. The normalized spacial score (nSPS) is 10.0. The molecule has 1 heterocycles. The monoisotopic (exact) mass is 173 g/mol. The minimum Gasteiger partial charge on any atom is -0.341 e. The molecule has 5 heteroatoms. The van der Waals surface area contributed by atoms with Crippen molar-refractivity contribution in [2.24, 2.45) is 0 Å². The Morgan fingerprint density at radius 2 is 2.45 bits per heavy atom. The van der Waals surface area contributed by atoms with Gasteiger partial charge in [-0.3, -0.25) is 0 Å². The lowest BCUT2D eigenvalue weighted by Gasteiger charge is -1.88. The maximum absolute atomic E-state index is 4.83. The summed E-state index contributed by atoms with van der Waals surface area (Å²) in [5, 5.41) is 6.53. The molecule has 0 aliphatic rings. The van der Waals surface area contributed by atoms with Crippen molar-refractivity contribution in [2.45, 2.75) is 12.7 Å². The summed E-state index contributed by atoms with van der Waals surface area (Å²) in [5.74, 6) is 2.65. The highest BCUT2D eigenvalue weighted by atomic mass is 32.2. The van der Waals surface area contributed by atoms with E-state index in [1.807, 2.05) is 0 Å². The van der Waals surface area contributed by atoms with Crippen LogP contribution in [0.3, 0.4) is 0 Å². The number of nitrogens with one attached hydrogen (secondary N) is 1. The first-order valence-electron chi connectivity index (χ1n) is 3.45. The van der Waals surface area contributed by atoms with E-state index in [-0.39, 0.29) is 0 Å². The summed E-state index contributed by atoms with van der Waals surface area (Å²) < 4.78 is 4.83. The Morgan fingerprint density at radius 1 is 1.64 bits per heavy atom. The van der Waals surface area contributed by atoms with Gasteiger partial charge in [0.25, 0.3) is 0 Å². The summed E-state index contributed by atoms with van der Waals surface area (Å²) in [5.41, 5.74) is 0. The zero-order valence-electron chi connectivity index (χ0n) is 6.63. The molecule has 4 nitrogen and oxygen atoms in total. The number of aromatic nitrogens is 2. The van der Waals surface area contributed by atoms with Gasteiger partial charge in [-0.1, -0.05) is 12.1 Å². The minimum absolute atomic E-state index is 0.483. The molecule has 0 aromatic carbocycles. The Hall–Kier alpha value is -0.710. The van der Waals surface area contributed by atoms with E-state index in [0.717, 1.165) is 17.3 Å². The van der Waals surface area contributed by atoms with Crippen LogP contribution in [0.15, 0.2) is 4.52 Å². The number of hydrogen-bond donors (Lipinski definition) is 1. The zero-order valence-corrected chi connectivity index (χ0v) is 7.44. The molecule has 0 amide bonds. The van der Waals surface area contributed by atoms with Gasteiger partial charge in [0, 0.05) is 7.05 Å². The van der Waals surface area contributed by atoms with E-state index in [1.165, 1.54) is 0 Å². The van der Waals surface area contributed by atoms with Crippen molar-refractivity contribution in [3.8, 4) is 0 Å². The third-order valence-electron chi connectivity index (χ3n) is 1.12. The molecule has 1 rings (SSSR count). The molecule has 11 heavy (non-hydrogen) atoms. The second-order valence-electron chi connectivity index (χ2n) is 1.90. The van der Waals surface area contributed by atoms with Gasteiger partial charge in [-0.25, -0.2) is 0 Å². The predicted octanol–water partition coefficient (Wildman–Crippen LogP) is 1.36. The lowest BCUT2D eigenvalue weighted by molar-refractivity contribution is 0.427. The van der Waals surface area contributed by atoms with Crippen molar-refractivity contribution in [3.05, 3.63) is 5.82 Å². The van der Waals surface area contributed by atoms with E-state index in [0.29, 0.717) is 6.01 Å². The molecule has 0 radical (unpaired) electrons. The van der Waals surface area contributed by atoms with Crippen molar-refractivity contribution in [1.29, 1.82) is 0 Å². The molecule has 1 aromatic heterocycles. The van der Waals surface area contributed by atoms with Crippen LogP contribution in [0.25, 0.3) is 0 Å². The highest BCUT2D eigenvalue weighted by Crippen LogP contribution is 2.09. The van der Waals surface area contributed by atoms with Crippen LogP contribution in [0.5, 0.6) is 0 Å². The van der Waals surface area contributed by atoms with Crippen LogP contribution in [-0.2, 0) is 5.75 Å². The summed E-state index contributed by atoms with van der Waals surface area (Å²) in [6.07, 6.45) is 0. The van der Waals surface area contributed by atoms with E-state index < -0.39 is 0 Å². The molecule has 0 spiro atoms. The molecule has 0 saturated heterocycles. The molecular formula is C6H11N3OS. The van der Waals surface area contributed by atoms with Crippen LogP contribution in [-0.4, -0.2) is 22.9 Å². The van der Waals surface area contributed by atoms with Gasteiger partial charge in [0.05, 0.1) is 5.75 Å². The molecule has 62 valence electrons. The van der Waals surface area contributed by atoms with Crippen LogP contribution in [0.4, 0.5) is 6.01 Å². The molecule has 0 aliphatic carbocycles. The first kappa shape index (κ1) is 8.39. The van der Waals surface area contributed by atoms with Crippen molar-refractivity contribution >= 4 is 17.8 Å². The Kier molecular flexibility index (Phi) is 3.22. The summed E-state index contributed by atoms with van der Waals surface area (Å²) in [4.78, 5) is 4.06. The molecule has 0 fully saturated rings. The van der Waals surface area contributed by atoms with E-state index in [2.05, 4.69) is 22.4 Å². The Bertz CT molecular complexity index is 213. The Balaban J connectivity index is 2.44. The quantitative estimate of drug-likeness (QED) is 0.745. The average molecular weight is 173 g/mol. The molecule has 1 aromatic rings. The minimum atomic E-state index is 0.483. The standard InChI is InChI=1S/C6H11N3OS/c1-3-11-4-5-8-6(7-2)10-9-5/h3-4H2,1-2H3,(H,7,8,9). The second-order valence-corrected chi connectivity index (χ2v) is 3.18. The van der Waals surface area contributed by atoms with Crippen LogP contribution in [0.1, 0.15) is 12.7 Å². The van der Waals surface area contributed by atoms with Crippen molar-refractivity contribution < 1.29 is 4.52 Å². The van der Waals surface area contributed by atoms with Gasteiger partial charge >= 0.3 is 6.01 Å². The van der Waals surface area contributed by atoms with Gasteiger partial charge < -0.3 is 9.84 Å². The summed E-state index contributed by atoms with van der Waals surface area (Å²) in [6, 6.07) is 0.483. The molecular weight excluding hydrogens is 162 g/mol. The molecule has 1 N–H and O–H groups in total. The van der Waals surface area contributed by atoms with Gasteiger partial charge in [-0.2, -0.15) is 16.7 Å². The zero-order chi connectivity index (χ0) is 8.10. The second kappa shape index (κ2) is 4.23. The van der Waals surface area contributed by atoms with Gasteiger partial charge in [-0.15, -0.1) is 0 Å². The number of rotatable bonds is 4. The number of hydrogen-bond acceptors (Lipinski definition) is 5. The molecule has 0 unspecified atom stereocenters. The summed E-state index contributed by atoms with van der Waals surface area (Å²) in [6.45, 7) is 2.10. The van der Waals surface area contributed by atoms with Gasteiger partial charge in [0.2, 0.25) is 0 Å². The summed E-state index contributed by atoms with van der Waals surface area (Å²) in [7, 11) is 1.75. The van der Waals surface area contributed by atoms with Crippen molar-refractivity contribution in [3.63, 3.8) is 0 Å². The number of anilines is 1. The fourth-order valence-corrected chi connectivity index (χ4v) is 1.11. The fourth-order valence-electron chi connectivity index (χ4n) is 0.607. The van der Waals surface area contributed by atoms with E-state index in [9.17, 15) is 0 Å². The van der Waals surface area contributed by atoms with Gasteiger partial charge in [0.15, 0.2) is 5.82 Å². The average Bonchev–Trinajstić information content (AvgIpc) is 2.48. The van der Waals surface area contributed by atoms with Gasteiger partial charge in [-0.05, 0) is 5.75 Å². The molecule has 0 bridgehead atoms. The lowest BCUT2D eigenvalue weighted by Crippen LogP contribution is -1.88. The van der Waals surface area contributed by atoms with Crippen LogP contribution < -0.4 is 5.32 Å². The van der Waals surface area contributed by atoms with Crippen molar-refractivity contribution in [2.75, 3.05) is 18.1 Å². The van der Waals surface area contributed by atoms with Crippen LogP contribution in [0.2, 0.25) is 0 Å². The highest BCUT2D eigenvalue weighted by Gasteiger charge is 2.02. The van der Waals surface area contributed by atoms with E-state index in [1.54, 1.807) is 18.8 Å². The molecule has 0 saturated carbocycles. The first-order valence-corrected chi connectivity index (χ1v) is 4.60. The van der Waals surface area contributed by atoms with Crippen molar-refractivity contribution in [1.82, 2.24) is 10.1 Å². The van der Waals surface area contributed by atoms with Gasteiger partial charge in [0.1, 0.15) is 0 Å². The fraction of sp³-hybridized carbons (Fsp3) is 0.667. The highest BCUT2D eigenvalue weighted by molar-refractivity contribution is 7.98. The van der Waals surface area contributed by atoms with E-state index in [4.69, 9.17) is 4.52 Å². The van der Waals surface area contributed by atoms with E-state index >= 15 is 0 Å². The maximum atomic E-state index is 4.83. The third kappa shape index (κ3) is 2.42. The predicted molar refractivity (Wildman–Crippen MR) is 45.7 cm³/mol. The SMILES string of the molecule is CCSCc1noc(NC)n1.